The first-order valence-corrected chi connectivity index (χ1v) is 11.6. The van der Waals surface area contributed by atoms with Crippen LogP contribution in [0.15, 0.2) is 24.3 Å². The van der Waals surface area contributed by atoms with Crippen molar-refractivity contribution in [3.8, 4) is 11.3 Å². The van der Waals surface area contributed by atoms with E-state index in [-0.39, 0.29) is 0 Å². The number of rotatable bonds is 3. The van der Waals surface area contributed by atoms with Crippen LogP contribution in [0.4, 0.5) is 37.8 Å². The third-order valence-electron chi connectivity index (χ3n) is 4.60. The fourth-order valence-electron chi connectivity index (χ4n) is 3.09. The lowest BCUT2D eigenvalue weighted by Crippen LogP contribution is -2.24. The first-order chi connectivity index (χ1) is 15.1. The van der Waals surface area contributed by atoms with Gasteiger partial charge in [-0.05, 0) is 51.2 Å². The van der Waals surface area contributed by atoms with E-state index < -0.39 is 56.3 Å². The number of alkyl halides is 6. The predicted molar refractivity (Wildman–Crippen MR) is 112 cm³/mol. The molecule has 1 saturated heterocycles. The normalized spacial score (nSPS) is 15.5. The maximum Gasteiger partial charge on any atom is 0.418 e. The van der Waals surface area contributed by atoms with E-state index in [9.17, 15) is 34.8 Å². The number of benzene rings is 1. The molecular weight excluding hydrogens is 476 g/mol. The number of aromatic nitrogens is 2. The highest BCUT2D eigenvalue weighted by molar-refractivity contribution is 7.92. The topological polar surface area (TPSA) is 101 Å². The van der Waals surface area contributed by atoms with E-state index in [1.165, 1.54) is 32.4 Å². The van der Waals surface area contributed by atoms with Gasteiger partial charge < -0.3 is 10.6 Å². The number of hydrogen-bond acceptors (Lipinski definition) is 6. The molecule has 2 heterocycles. The van der Waals surface area contributed by atoms with E-state index in [4.69, 9.17) is 5.73 Å². The van der Waals surface area contributed by atoms with Gasteiger partial charge in [-0.3, -0.25) is 4.72 Å². The SMILES string of the molecule is CN1CCCCC1.CS(=O)(=O)Nc1cc(C(F)(F)F)ccc1-c1nnc(N)cc1C(F)(F)F. The van der Waals surface area contributed by atoms with Crippen molar-refractivity contribution in [3.63, 3.8) is 0 Å². The van der Waals surface area contributed by atoms with E-state index in [0.29, 0.717) is 30.5 Å². The summed E-state index contributed by atoms with van der Waals surface area (Å²) in [6.07, 6.45) is -4.88. The molecule has 0 atom stereocenters. The predicted octanol–water partition coefficient (Wildman–Crippen LogP) is 4.24. The van der Waals surface area contributed by atoms with Crippen LogP contribution in [0, 0.1) is 0 Å². The Kier molecular flexibility index (Phi) is 8.17. The molecule has 0 aliphatic carbocycles. The van der Waals surface area contributed by atoms with Crippen molar-refractivity contribution in [1.82, 2.24) is 15.1 Å². The molecule has 14 heteroatoms. The molecule has 0 spiro atoms. The van der Waals surface area contributed by atoms with Crippen molar-refractivity contribution in [2.75, 3.05) is 36.8 Å². The van der Waals surface area contributed by atoms with E-state index in [1.54, 1.807) is 4.72 Å². The minimum Gasteiger partial charge on any atom is -0.382 e. The van der Waals surface area contributed by atoms with Gasteiger partial charge in [0.15, 0.2) is 0 Å². The van der Waals surface area contributed by atoms with Crippen molar-refractivity contribution in [3.05, 3.63) is 35.4 Å². The van der Waals surface area contributed by atoms with E-state index >= 15 is 0 Å². The van der Waals surface area contributed by atoms with Crippen molar-refractivity contribution >= 4 is 21.5 Å². The first kappa shape index (κ1) is 26.6. The van der Waals surface area contributed by atoms with Gasteiger partial charge in [0.25, 0.3) is 0 Å². The Bertz CT molecular complexity index is 1070. The maximum absolute atomic E-state index is 13.2. The summed E-state index contributed by atoms with van der Waals surface area (Å²) in [5, 5.41) is 6.55. The van der Waals surface area contributed by atoms with Gasteiger partial charge >= 0.3 is 12.4 Å². The van der Waals surface area contributed by atoms with E-state index in [2.05, 4.69) is 22.1 Å². The lowest BCUT2D eigenvalue weighted by atomic mass is 10.0. The zero-order valence-electron chi connectivity index (χ0n) is 17.8. The number of nitrogens with one attached hydrogen (secondary N) is 1. The number of nitrogen functional groups attached to an aromatic ring is 1. The molecular formula is C19H23F6N5O2S. The lowest BCUT2D eigenvalue weighted by Gasteiger charge is -2.20. The van der Waals surface area contributed by atoms with Crippen molar-refractivity contribution in [2.45, 2.75) is 31.6 Å². The van der Waals surface area contributed by atoms with Crippen LogP contribution in [0.2, 0.25) is 0 Å². The molecule has 0 unspecified atom stereocenters. The van der Waals surface area contributed by atoms with Crippen LogP contribution in [0.5, 0.6) is 0 Å². The summed E-state index contributed by atoms with van der Waals surface area (Å²) in [4.78, 5) is 2.39. The van der Waals surface area contributed by atoms with Crippen LogP contribution in [0.1, 0.15) is 30.4 Å². The fraction of sp³-hybridized carbons (Fsp3) is 0.474. The quantitative estimate of drug-likeness (QED) is 0.613. The second kappa shape index (κ2) is 10.1. The van der Waals surface area contributed by atoms with Gasteiger partial charge in [-0.2, -0.15) is 26.3 Å². The molecule has 7 nitrogen and oxygen atoms in total. The number of hydrogen-bond donors (Lipinski definition) is 2. The Labute approximate surface area is 187 Å². The van der Waals surface area contributed by atoms with E-state index in [1.807, 2.05) is 0 Å². The number of sulfonamides is 1. The molecule has 1 aromatic heterocycles. The smallest absolute Gasteiger partial charge is 0.382 e. The molecule has 0 saturated carbocycles. The van der Waals surface area contributed by atoms with Gasteiger partial charge in [-0.1, -0.05) is 12.5 Å². The molecule has 33 heavy (non-hydrogen) atoms. The highest BCUT2D eigenvalue weighted by atomic mass is 32.2. The monoisotopic (exact) mass is 499 g/mol. The maximum atomic E-state index is 13.2. The second-order valence-corrected chi connectivity index (χ2v) is 9.27. The number of nitrogens with zero attached hydrogens (tertiary/aromatic N) is 3. The van der Waals surface area contributed by atoms with Crippen LogP contribution in [-0.2, 0) is 22.4 Å². The highest BCUT2D eigenvalue weighted by Gasteiger charge is 2.37. The number of likely N-dealkylation sites (tertiary alicyclic amines) is 1. The van der Waals surface area contributed by atoms with Crippen LogP contribution in [-0.4, -0.2) is 49.9 Å². The Morgan fingerprint density at radius 1 is 0.970 bits per heavy atom. The number of nitrogens with two attached hydrogens (primary N) is 1. The van der Waals surface area contributed by atoms with Gasteiger partial charge in [-0.25, -0.2) is 8.42 Å². The molecule has 1 fully saturated rings. The molecule has 0 radical (unpaired) electrons. The molecule has 0 amide bonds. The summed E-state index contributed by atoms with van der Waals surface area (Å²) < 4.78 is 103. The van der Waals surface area contributed by atoms with Crippen LogP contribution >= 0.6 is 0 Å². The summed E-state index contributed by atoms with van der Waals surface area (Å²) >= 11 is 0. The number of halogens is 6. The molecule has 1 aromatic carbocycles. The standard InChI is InChI=1S/C13H10F6N4O2S.C6H13N/c1-26(24,25)23-9-4-6(12(14,15)16)2-3-7(9)11-8(13(17,18)19)5-10(20)21-22-11;1-7-5-3-2-4-6-7/h2-5,23H,1H3,(H2,20,21);2-6H2,1H3. The third kappa shape index (κ3) is 8.03. The van der Waals surface area contributed by atoms with Gasteiger partial charge in [0.05, 0.1) is 23.1 Å². The van der Waals surface area contributed by atoms with Crippen LogP contribution in [0.3, 0.4) is 0 Å². The summed E-state index contributed by atoms with van der Waals surface area (Å²) in [6, 6.07) is 1.99. The summed E-state index contributed by atoms with van der Waals surface area (Å²) in [7, 11) is -1.90. The van der Waals surface area contributed by atoms with Crippen molar-refractivity contribution in [2.24, 2.45) is 0 Å². The summed E-state index contributed by atoms with van der Waals surface area (Å²) in [5.41, 5.74) is 0.418. The highest BCUT2D eigenvalue weighted by Crippen LogP contribution is 2.41. The Morgan fingerprint density at radius 3 is 2.03 bits per heavy atom. The van der Waals surface area contributed by atoms with Crippen LogP contribution < -0.4 is 10.5 Å². The Hall–Kier alpha value is -2.61. The molecule has 1 aliphatic heterocycles. The van der Waals surface area contributed by atoms with Crippen LogP contribution in [0.25, 0.3) is 11.3 Å². The zero-order valence-corrected chi connectivity index (χ0v) is 18.6. The second-order valence-electron chi connectivity index (χ2n) is 7.53. The van der Waals surface area contributed by atoms with Crippen molar-refractivity contribution in [1.29, 1.82) is 0 Å². The van der Waals surface area contributed by atoms with Gasteiger partial charge in [0.2, 0.25) is 10.0 Å². The molecule has 0 bridgehead atoms. The molecule has 2 aromatic rings. The molecule has 184 valence electrons. The van der Waals surface area contributed by atoms with Gasteiger partial charge in [0, 0.05) is 5.56 Å². The molecule has 3 rings (SSSR count). The Morgan fingerprint density at radius 2 is 1.58 bits per heavy atom. The Balaban J connectivity index is 0.000000468. The average Bonchev–Trinajstić information content (AvgIpc) is 2.67. The van der Waals surface area contributed by atoms with Crippen molar-refractivity contribution < 1.29 is 34.8 Å². The molecule has 3 N–H and O–H groups in total. The lowest BCUT2D eigenvalue weighted by molar-refractivity contribution is -0.138. The third-order valence-corrected chi connectivity index (χ3v) is 5.19. The van der Waals surface area contributed by atoms with E-state index in [0.717, 1.165) is 0 Å². The largest absolute Gasteiger partial charge is 0.418 e. The fourth-order valence-corrected chi connectivity index (χ4v) is 3.65. The van der Waals surface area contributed by atoms with Gasteiger partial charge in [0.1, 0.15) is 11.5 Å². The number of anilines is 2. The zero-order chi connectivity index (χ0) is 25.0. The summed E-state index contributed by atoms with van der Waals surface area (Å²) in [6.45, 7) is 2.64. The molecule has 1 aliphatic rings. The number of piperidine rings is 1. The summed E-state index contributed by atoms with van der Waals surface area (Å²) in [5.74, 6) is -0.564. The average molecular weight is 499 g/mol. The minimum atomic E-state index is -4.95. The van der Waals surface area contributed by atoms with Gasteiger partial charge in [-0.15, -0.1) is 10.2 Å². The minimum absolute atomic E-state index is 0.370. The first-order valence-electron chi connectivity index (χ1n) is 9.66.